The van der Waals surface area contributed by atoms with Crippen LogP contribution in [0.15, 0.2) is 0 Å². The first kappa shape index (κ1) is 14.5. The molecule has 0 aliphatic heterocycles. The van der Waals surface area contributed by atoms with Crippen LogP contribution >= 0.6 is 0 Å². The third-order valence-electron chi connectivity index (χ3n) is 3.90. The number of hydrogen-bond donors (Lipinski definition) is 2. The highest BCUT2D eigenvalue weighted by Gasteiger charge is 2.21. The number of aliphatic hydroxyl groups is 1. The van der Waals surface area contributed by atoms with Crippen LogP contribution in [0.5, 0.6) is 0 Å². The van der Waals surface area contributed by atoms with Crippen LogP contribution in [0, 0.1) is 11.8 Å². The number of amides is 1. The van der Waals surface area contributed by atoms with Crippen molar-refractivity contribution in [2.75, 3.05) is 13.2 Å². The van der Waals surface area contributed by atoms with Crippen molar-refractivity contribution in [2.24, 2.45) is 11.8 Å². The molecule has 0 aromatic rings. The lowest BCUT2D eigenvalue weighted by Gasteiger charge is -2.12. The maximum absolute atomic E-state index is 11.7. The van der Waals surface area contributed by atoms with Gasteiger partial charge in [-0.05, 0) is 31.6 Å². The summed E-state index contributed by atoms with van der Waals surface area (Å²) in [6, 6.07) is 0. The molecule has 1 saturated carbocycles. The number of unbranched alkanes of at least 4 members (excludes halogenated alkanes) is 1. The van der Waals surface area contributed by atoms with E-state index >= 15 is 0 Å². The molecule has 1 aliphatic carbocycles. The molecular formula is C14H27NO2. The Kier molecular flexibility index (Phi) is 7.25. The first-order chi connectivity index (χ1) is 8.27. The normalized spacial score (nSPS) is 18.2. The smallest absolute Gasteiger partial charge is 0.223 e. The molecule has 3 heteroatoms. The highest BCUT2D eigenvalue weighted by Crippen LogP contribution is 2.24. The molecule has 1 atom stereocenters. The fraction of sp³-hybridized carbons (Fsp3) is 0.929. The SMILES string of the molecule is CCC(CO)CCCCNC(=O)C1CCCC1. The highest BCUT2D eigenvalue weighted by atomic mass is 16.3. The molecule has 0 spiro atoms. The van der Waals surface area contributed by atoms with Gasteiger partial charge in [0.15, 0.2) is 0 Å². The average Bonchev–Trinajstić information content (AvgIpc) is 2.87. The highest BCUT2D eigenvalue weighted by molar-refractivity contribution is 5.78. The largest absolute Gasteiger partial charge is 0.396 e. The van der Waals surface area contributed by atoms with Crippen LogP contribution < -0.4 is 5.32 Å². The lowest BCUT2D eigenvalue weighted by atomic mass is 10.0. The van der Waals surface area contributed by atoms with Gasteiger partial charge in [-0.3, -0.25) is 4.79 Å². The molecule has 0 saturated heterocycles. The molecule has 0 bridgehead atoms. The Balaban J connectivity index is 1.98. The summed E-state index contributed by atoms with van der Waals surface area (Å²) >= 11 is 0. The second-order valence-electron chi connectivity index (χ2n) is 5.23. The molecule has 1 fully saturated rings. The molecule has 1 aliphatic rings. The van der Waals surface area contributed by atoms with Gasteiger partial charge in [0.05, 0.1) is 0 Å². The lowest BCUT2D eigenvalue weighted by molar-refractivity contribution is -0.124. The average molecular weight is 241 g/mol. The van der Waals surface area contributed by atoms with E-state index in [1.54, 1.807) is 0 Å². The van der Waals surface area contributed by atoms with E-state index in [9.17, 15) is 4.79 Å². The summed E-state index contributed by atoms with van der Waals surface area (Å²) < 4.78 is 0. The summed E-state index contributed by atoms with van der Waals surface area (Å²) in [5.41, 5.74) is 0. The van der Waals surface area contributed by atoms with E-state index in [0.717, 1.165) is 45.1 Å². The van der Waals surface area contributed by atoms with Crippen molar-refractivity contribution in [1.29, 1.82) is 0 Å². The van der Waals surface area contributed by atoms with Gasteiger partial charge in [-0.1, -0.05) is 32.6 Å². The quantitative estimate of drug-likeness (QED) is 0.641. The van der Waals surface area contributed by atoms with Gasteiger partial charge in [0.1, 0.15) is 0 Å². The zero-order chi connectivity index (χ0) is 12.5. The van der Waals surface area contributed by atoms with Crippen molar-refractivity contribution in [2.45, 2.75) is 58.3 Å². The third-order valence-corrected chi connectivity index (χ3v) is 3.90. The molecule has 17 heavy (non-hydrogen) atoms. The van der Waals surface area contributed by atoms with Gasteiger partial charge in [0, 0.05) is 19.1 Å². The van der Waals surface area contributed by atoms with Crippen molar-refractivity contribution >= 4 is 5.91 Å². The molecule has 100 valence electrons. The van der Waals surface area contributed by atoms with Gasteiger partial charge in [0.2, 0.25) is 5.91 Å². The van der Waals surface area contributed by atoms with Gasteiger partial charge in [0.25, 0.3) is 0 Å². The zero-order valence-corrected chi connectivity index (χ0v) is 11.1. The second-order valence-corrected chi connectivity index (χ2v) is 5.23. The Morgan fingerprint density at radius 3 is 2.65 bits per heavy atom. The van der Waals surface area contributed by atoms with Gasteiger partial charge in [-0.15, -0.1) is 0 Å². The van der Waals surface area contributed by atoms with Crippen molar-refractivity contribution in [3.63, 3.8) is 0 Å². The van der Waals surface area contributed by atoms with E-state index in [1.165, 1.54) is 12.8 Å². The molecule has 0 radical (unpaired) electrons. The number of carbonyl (C=O) groups excluding carboxylic acids is 1. The monoisotopic (exact) mass is 241 g/mol. The van der Waals surface area contributed by atoms with E-state index in [2.05, 4.69) is 12.2 Å². The van der Waals surface area contributed by atoms with Crippen molar-refractivity contribution in [3.8, 4) is 0 Å². The molecule has 3 nitrogen and oxygen atoms in total. The van der Waals surface area contributed by atoms with E-state index < -0.39 is 0 Å². The molecule has 0 aromatic carbocycles. The maximum atomic E-state index is 11.7. The molecule has 1 amide bonds. The number of rotatable bonds is 8. The number of aliphatic hydroxyl groups excluding tert-OH is 1. The Hall–Kier alpha value is -0.570. The van der Waals surface area contributed by atoms with E-state index in [4.69, 9.17) is 5.11 Å². The Morgan fingerprint density at radius 1 is 1.35 bits per heavy atom. The minimum Gasteiger partial charge on any atom is -0.396 e. The van der Waals surface area contributed by atoms with E-state index in [1.807, 2.05) is 0 Å². The Labute approximate surface area is 105 Å². The summed E-state index contributed by atoms with van der Waals surface area (Å²) in [5.74, 6) is 0.994. The molecule has 0 heterocycles. The topological polar surface area (TPSA) is 49.3 Å². The van der Waals surface area contributed by atoms with E-state index in [0.29, 0.717) is 12.5 Å². The predicted octanol–water partition coefficient (Wildman–Crippen LogP) is 2.48. The second kappa shape index (κ2) is 8.51. The fourth-order valence-corrected chi connectivity index (χ4v) is 2.53. The van der Waals surface area contributed by atoms with Crippen LogP contribution in [-0.4, -0.2) is 24.2 Å². The number of nitrogens with one attached hydrogen (secondary N) is 1. The van der Waals surface area contributed by atoms with Crippen molar-refractivity contribution in [3.05, 3.63) is 0 Å². The van der Waals surface area contributed by atoms with Crippen LogP contribution in [0.1, 0.15) is 58.3 Å². The van der Waals surface area contributed by atoms with Crippen LogP contribution in [0.4, 0.5) is 0 Å². The fourth-order valence-electron chi connectivity index (χ4n) is 2.53. The molecule has 1 unspecified atom stereocenters. The first-order valence-electron chi connectivity index (χ1n) is 7.16. The van der Waals surface area contributed by atoms with E-state index in [-0.39, 0.29) is 11.8 Å². The zero-order valence-electron chi connectivity index (χ0n) is 11.1. The molecule has 2 N–H and O–H groups in total. The van der Waals surface area contributed by atoms with Crippen LogP contribution in [-0.2, 0) is 4.79 Å². The molecule has 0 aromatic heterocycles. The third kappa shape index (κ3) is 5.53. The Bertz CT molecular complexity index is 208. The summed E-state index contributed by atoms with van der Waals surface area (Å²) in [4.78, 5) is 11.7. The summed E-state index contributed by atoms with van der Waals surface area (Å²) in [6.45, 7) is 3.21. The van der Waals surface area contributed by atoms with Gasteiger partial charge < -0.3 is 10.4 Å². The number of hydrogen-bond acceptors (Lipinski definition) is 2. The van der Waals surface area contributed by atoms with Gasteiger partial charge in [-0.2, -0.15) is 0 Å². The summed E-state index contributed by atoms with van der Waals surface area (Å²) in [6.07, 6.45) is 8.85. The minimum atomic E-state index is 0.261. The van der Waals surface area contributed by atoms with Crippen LogP contribution in [0.3, 0.4) is 0 Å². The predicted molar refractivity (Wildman–Crippen MR) is 69.7 cm³/mol. The Morgan fingerprint density at radius 2 is 2.06 bits per heavy atom. The number of carbonyl (C=O) groups is 1. The van der Waals surface area contributed by atoms with Crippen molar-refractivity contribution in [1.82, 2.24) is 5.32 Å². The first-order valence-corrected chi connectivity index (χ1v) is 7.16. The maximum Gasteiger partial charge on any atom is 0.223 e. The minimum absolute atomic E-state index is 0.261. The molecular weight excluding hydrogens is 214 g/mol. The van der Waals surface area contributed by atoms with Crippen LogP contribution in [0.25, 0.3) is 0 Å². The summed E-state index contributed by atoms with van der Waals surface area (Å²) in [5, 5.41) is 12.1. The van der Waals surface area contributed by atoms with Gasteiger partial charge in [-0.25, -0.2) is 0 Å². The van der Waals surface area contributed by atoms with Crippen molar-refractivity contribution < 1.29 is 9.90 Å². The van der Waals surface area contributed by atoms with Crippen LogP contribution in [0.2, 0.25) is 0 Å². The standard InChI is InChI=1S/C14H27NO2/c1-2-12(11-16)7-5-6-10-15-14(17)13-8-3-4-9-13/h12-13,16H,2-11H2,1H3,(H,15,17). The molecule has 1 rings (SSSR count). The lowest BCUT2D eigenvalue weighted by Crippen LogP contribution is -2.30. The van der Waals surface area contributed by atoms with Gasteiger partial charge >= 0.3 is 0 Å². The summed E-state index contributed by atoms with van der Waals surface area (Å²) in [7, 11) is 0.